The predicted molar refractivity (Wildman–Crippen MR) is 86.8 cm³/mol. The predicted octanol–water partition coefficient (Wildman–Crippen LogP) is 5.55. The van der Waals surface area contributed by atoms with E-state index in [2.05, 4.69) is 5.16 Å². The number of nitrogens with zero attached hydrogens (tertiary/aromatic N) is 1. The number of nitrogens with two attached hydrogens (primary N) is 1. The largest absolute Gasteiger partial charge is 0.367 e. The molecule has 106 valence electrons. The van der Waals surface area contributed by atoms with Gasteiger partial charge in [0.05, 0.1) is 5.56 Å². The lowest BCUT2D eigenvalue weighted by Gasteiger charge is -2.04. The zero-order chi connectivity index (χ0) is 15.0. The molecule has 0 aliphatic heterocycles. The third-order valence-corrected chi connectivity index (χ3v) is 3.64. The van der Waals surface area contributed by atoms with Gasteiger partial charge in [0.15, 0.2) is 0 Å². The van der Waals surface area contributed by atoms with Gasteiger partial charge in [-0.1, -0.05) is 52.1 Å². The van der Waals surface area contributed by atoms with E-state index >= 15 is 0 Å². The summed E-state index contributed by atoms with van der Waals surface area (Å²) in [5.41, 5.74) is 8.67. The third-order valence-electron chi connectivity index (χ3n) is 2.97. The van der Waals surface area contributed by atoms with E-state index in [9.17, 15) is 0 Å². The van der Waals surface area contributed by atoms with Gasteiger partial charge in [0.1, 0.15) is 5.69 Å². The maximum Gasteiger partial charge on any atom is 0.230 e. The number of nitrogen functional groups attached to an aromatic ring is 1. The summed E-state index contributed by atoms with van der Waals surface area (Å²) in [6, 6.07) is 12.4. The molecule has 3 aromatic rings. The Morgan fingerprint density at radius 3 is 2.19 bits per heavy atom. The highest BCUT2D eigenvalue weighted by Gasteiger charge is 2.18. The number of anilines is 1. The Bertz CT molecular complexity index is 794. The van der Waals surface area contributed by atoms with Gasteiger partial charge < -0.3 is 10.3 Å². The quantitative estimate of drug-likeness (QED) is 0.666. The fraction of sp³-hybridized carbons (Fsp3) is 0. The molecular weight excluding hydrogens is 331 g/mol. The fourth-order valence-corrected chi connectivity index (χ4v) is 2.83. The molecule has 0 saturated carbocycles. The molecule has 21 heavy (non-hydrogen) atoms. The maximum atomic E-state index is 6.04. The summed E-state index contributed by atoms with van der Waals surface area (Å²) >= 11 is 18.1. The first-order valence-electron chi connectivity index (χ1n) is 6.02. The van der Waals surface area contributed by atoms with Crippen molar-refractivity contribution in [2.75, 3.05) is 5.73 Å². The molecule has 0 atom stereocenters. The molecule has 6 heteroatoms. The molecule has 0 spiro atoms. The molecule has 0 unspecified atom stereocenters. The lowest BCUT2D eigenvalue weighted by molar-refractivity contribution is 0.439. The minimum absolute atomic E-state index is 0.211. The molecule has 3 rings (SSSR count). The average molecular weight is 340 g/mol. The van der Waals surface area contributed by atoms with Gasteiger partial charge in [-0.3, -0.25) is 0 Å². The molecule has 0 aliphatic carbocycles. The van der Waals surface area contributed by atoms with Gasteiger partial charge in [-0.15, -0.1) is 0 Å². The number of hydrogen-bond acceptors (Lipinski definition) is 3. The van der Waals surface area contributed by atoms with E-state index in [4.69, 9.17) is 45.1 Å². The van der Waals surface area contributed by atoms with Crippen molar-refractivity contribution in [1.29, 1.82) is 0 Å². The molecular formula is C15H9Cl3N2O. The van der Waals surface area contributed by atoms with E-state index in [1.165, 1.54) is 0 Å². The first-order valence-corrected chi connectivity index (χ1v) is 7.15. The van der Waals surface area contributed by atoms with E-state index in [-0.39, 0.29) is 5.88 Å². The Kier molecular flexibility index (Phi) is 3.81. The van der Waals surface area contributed by atoms with Crippen LogP contribution in [0.2, 0.25) is 15.1 Å². The van der Waals surface area contributed by atoms with Gasteiger partial charge >= 0.3 is 0 Å². The summed E-state index contributed by atoms with van der Waals surface area (Å²) in [5.74, 6) is 0.211. The van der Waals surface area contributed by atoms with E-state index in [0.717, 1.165) is 11.1 Å². The SMILES string of the molecule is Nc1onc(-c2cc(Cl)cc(Cl)c2)c1-c1cccc(Cl)c1. The highest BCUT2D eigenvalue weighted by atomic mass is 35.5. The normalized spacial score (nSPS) is 10.8. The van der Waals surface area contributed by atoms with Crippen molar-refractivity contribution in [2.24, 2.45) is 0 Å². The molecule has 2 aromatic carbocycles. The second-order valence-electron chi connectivity index (χ2n) is 4.44. The van der Waals surface area contributed by atoms with Crippen LogP contribution in [0.25, 0.3) is 22.4 Å². The number of aromatic nitrogens is 1. The maximum absolute atomic E-state index is 6.04. The molecule has 2 N–H and O–H groups in total. The van der Waals surface area contributed by atoms with E-state index in [0.29, 0.717) is 26.3 Å². The Morgan fingerprint density at radius 1 is 0.857 bits per heavy atom. The zero-order valence-electron chi connectivity index (χ0n) is 10.6. The zero-order valence-corrected chi connectivity index (χ0v) is 12.9. The first-order chi connectivity index (χ1) is 10.0. The van der Waals surface area contributed by atoms with Crippen LogP contribution in [-0.2, 0) is 0 Å². The molecule has 3 nitrogen and oxygen atoms in total. The summed E-state index contributed by atoms with van der Waals surface area (Å²) in [5, 5.41) is 5.63. The van der Waals surface area contributed by atoms with Crippen molar-refractivity contribution in [3.8, 4) is 22.4 Å². The summed E-state index contributed by atoms with van der Waals surface area (Å²) < 4.78 is 5.12. The van der Waals surface area contributed by atoms with E-state index in [1.54, 1.807) is 30.3 Å². The van der Waals surface area contributed by atoms with Gasteiger partial charge in [-0.2, -0.15) is 0 Å². The highest BCUT2D eigenvalue weighted by molar-refractivity contribution is 6.35. The Balaban J connectivity index is 2.21. The minimum Gasteiger partial charge on any atom is -0.367 e. The van der Waals surface area contributed by atoms with Crippen LogP contribution in [0.4, 0.5) is 5.88 Å². The smallest absolute Gasteiger partial charge is 0.230 e. The van der Waals surface area contributed by atoms with Crippen LogP contribution in [-0.4, -0.2) is 5.16 Å². The van der Waals surface area contributed by atoms with Crippen LogP contribution in [0.1, 0.15) is 0 Å². The second kappa shape index (κ2) is 5.60. The van der Waals surface area contributed by atoms with Gasteiger partial charge in [0.2, 0.25) is 5.88 Å². The van der Waals surface area contributed by atoms with Gasteiger partial charge in [0.25, 0.3) is 0 Å². The van der Waals surface area contributed by atoms with Crippen molar-refractivity contribution in [3.05, 3.63) is 57.5 Å². The molecule has 0 amide bonds. The van der Waals surface area contributed by atoms with Gasteiger partial charge in [0, 0.05) is 20.6 Å². The summed E-state index contributed by atoms with van der Waals surface area (Å²) in [4.78, 5) is 0. The Labute approximate surface area is 136 Å². The molecule has 0 fully saturated rings. The molecule has 0 radical (unpaired) electrons. The lowest BCUT2D eigenvalue weighted by Crippen LogP contribution is -1.88. The topological polar surface area (TPSA) is 52.0 Å². The monoisotopic (exact) mass is 338 g/mol. The lowest BCUT2D eigenvalue weighted by atomic mass is 10.0. The number of hydrogen-bond donors (Lipinski definition) is 1. The van der Waals surface area contributed by atoms with Crippen LogP contribution >= 0.6 is 34.8 Å². The fourth-order valence-electron chi connectivity index (χ4n) is 2.11. The third kappa shape index (κ3) is 2.86. The summed E-state index contributed by atoms with van der Waals surface area (Å²) in [6.45, 7) is 0. The van der Waals surface area contributed by atoms with Crippen LogP contribution in [0, 0.1) is 0 Å². The summed E-state index contributed by atoms with van der Waals surface area (Å²) in [6.07, 6.45) is 0. The van der Waals surface area contributed by atoms with Crippen molar-refractivity contribution in [3.63, 3.8) is 0 Å². The first kappa shape index (κ1) is 14.3. The average Bonchev–Trinajstić information content (AvgIpc) is 2.79. The molecule has 1 aromatic heterocycles. The standard InChI is InChI=1S/C15H9Cl3N2O/c16-10-3-1-2-8(4-10)13-14(20-21-15(13)19)9-5-11(17)7-12(18)6-9/h1-7H,19H2. The van der Waals surface area contributed by atoms with Crippen molar-refractivity contribution in [2.45, 2.75) is 0 Å². The molecule has 0 saturated heterocycles. The second-order valence-corrected chi connectivity index (χ2v) is 5.75. The molecule has 0 aliphatic rings. The number of benzene rings is 2. The van der Waals surface area contributed by atoms with Crippen molar-refractivity contribution >= 4 is 40.7 Å². The van der Waals surface area contributed by atoms with E-state index < -0.39 is 0 Å². The Hall–Kier alpha value is -1.68. The van der Waals surface area contributed by atoms with Gasteiger partial charge in [-0.05, 0) is 35.9 Å². The van der Waals surface area contributed by atoms with Crippen LogP contribution in [0.15, 0.2) is 47.0 Å². The van der Waals surface area contributed by atoms with Crippen molar-refractivity contribution in [1.82, 2.24) is 5.16 Å². The molecule has 0 bridgehead atoms. The van der Waals surface area contributed by atoms with Crippen LogP contribution in [0.3, 0.4) is 0 Å². The highest BCUT2D eigenvalue weighted by Crippen LogP contribution is 2.38. The number of halogens is 3. The summed E-state index contributed by atoms with van der Waals surface area (Å²) in [7, 11) is 0. The van der Waals surface area contributed by atoms with E-state index in [1.807, 2.05) is 12.1 Å². The minimum atomic E-state index is 0.211. The van der Waals surface area contributed by atoms with Crippen LogP contribution in [0.5, 0.6) is 0 Å². The molecule has 1 heterocycles. The Morgan fingerprint density at radius 2 is 1.52 bits per heavy atom. The number of rotatable bonds is 2. The van der Waals surface area contributed by atoms with Gasteiger partial charge in [-0.25, -0.2) is 0 Å². The van der Waals surface area contributed by atoms with Crippen molar-refractivity contribution < 1.29 is 4.52 Å². The van der Waals surface area contributed by atoms with Crippen LogP contribution < -0.4 is 5.73 Å².